The van der Waals surface area contributed by atoms with E-state index in [1.807, 2.05) is 0 Å². The average molecular weight is 205 g/mol. The Balaban J connectivity index is 3.34. The summed E-state index contributed by atoms with van der Waals surface area (Å²) in [6, 6.07) is 2.69. The fourth-order valence-corrected chi connectivity index (χ4v) is 0.942. The van der Waals surface area contributed by atoms with Crippen LogP contribution in [0.4, 0.5) is 15.8 Å². The fourth-order valence-electron chi connectivity index (χ4n) is 0.581. The zero-order chi connectivity index (χ0) is 7.72. The summed E-state index contributed by atoms with van der Waals surface area (Å²) < 4.78 is 12.8. The van der Waals surface area contributed by atoms with Gasteiger partial charge in [0.1, 0.15) is 5.82 Å². The SMILES string of the molecule is Nc1ccc(F)c(Br)c1N. The number of benzene rings is 1. The first-order valence-electron chi connectivity index (χ1n) is 2.62. The molecule has 0 heterocycles. The summed E-state index contributed by atoms with van der Waals surface area (Å²) in [7, 11) is 0. The first-order chi connectivity index (χ1) is 4.63. The lowest BCUT2D eigenvalue weighted by atomic mass is 10.3. The zero-order valence-corrected chi connectivity index (χ0v) is 6.65. The normalized spacial score (nSPS) is 9.80. The molecule has 0 amide bonds. The molecule has 0 aliphatic carbocycles. The molecule has 1 aromatic carbocycles. The summed E-state index contributed by atoms with van der Waals surface area (Å²) in [5, 5.41) is 0. The second-order valence-electron chi connectivity index (χ2n) is 1.86. The minimum Gasteiger partial charge on any atom is -0.397 e. The highest BCUT2D eigenvalue weighted by molar-refractivity contribution is 9.10. The molecule has 4 N–H and O–H groups in total. The van der Waals surface area contributed by atoms with Crippen molar-refractivity contribution in [1.29, 1.82) is 0 Å². The van der Waals surface area contributed by atoms with Crippen LogP contribution >= 0.6 is 15.9 Å². The van der Waals surface area contributed by atoms with Gasteiger partial charge in [-0.2, -0.15) is 0 Å². The summed E-state index contributed by atoms with van der Waals surface area (Å²) in [5.74, 6) is -0.397. The number of nitrogens with two attached hydrogens (primary N) is 2. The van der Waals surface area contributed by atoms with Crippen molar-refractivity contribution in [1.82, 2.24) is 0 Å². The van der Waals surface area contributed by atoms with Gasteiger partial charge in [-0.15, -0.1) is 0 Å². The molecular formula is C6H6BrFN2. The standard InChI is InChI=1S/C6H6BrFN2/c7-5-3(8)1-2-4(9)6(5)10/h1-2H,9-10H2. The van der Waals surface area contributed by atoms with E-state index < -0.39 is 5.82 Å². The quantitative estimate of drug-likeness (QED) is 0.634. The molecular weight excluding hydrogens is 199 g/mol. The second kappa shape index (κ2) is 2.46. The summed E-state index contributed by atoms with van der Waals surface area (Å²) in [5.41, 5.74) is 11.4. The van der Waals surface area contributed by atoms with Gasteiger partial charge in [0.2, 0.25) is 0 Å². The molecule has 0 aliphatic heterocycles. The van der Waals surface area contributed by atoms with Crippen LogP contribution in [-0.4, -0.2) is 0 Å². The number of hydrogen-bond donors (Lipinski definition) is 2. The molecule has 0 saturated carbocycles. The van der Waals surface area contributed by atoms with E-state index >= 15 is 0 Å². The molecule has 0 spiro atoms. The number of nitrogen functional groups attached to an aromatic ring is 2. The third kappa shape index (κ3) is 1.07. The Morgan fingerprint density at radius 1 is 1.30 bits per heavy atom. The molecule has 54 valence electrons. The maximum Gasteiger partial charge on any atom is 0.139 e. The minimum absolute atomic E-state index is 0.229. The van der Waals surface area contributed by atoms with Gasteiger partial charge in [-0.3, -0.25) is 0 Å². The van der Waals surface area contributed by atoms with E-state index in [-0.39, 0.29) is 10.2 Å². The minimum atomic E-state index is -0.397. The smallest absolute Gasteiger partial charge is 0.139 e. The van der Waals surface area contributed by atoms with Crippen molar-refractivity contribution in [2.75, 3.05) is 11.5 Å². The monoisotopic (exact) mass is 204 g/mol. The largest absolute Gasteiger partial charge is 0.397 e. The Hall–Kier alpha value is -0.770. The highest BCUT2D eigenvalue weighted by atomic mass is 79.9. The maximum absolute atomic E-state index is 12.6. The molecule has 0 fully saturated rings. The Labute approximate surface area is 66.1 Å². The van der Waals surface area contributed by atoms with Gasteiger partial charge in [-0.1, -0.05) is 0 Å². The van der Waals surface area contributed by atoms with Crippen molar-refractivity contribution in [3.63, 3.8) is 0 Å². The van der Waals surface area contributed by atoms with E-state index in [2.05, 4.69) is 15.9 Å². The topological polar surface area (TPSA) is 52.0 Å². The molecule has 1 rings (SSSR count). The molecule has 0 atom stereocenters. The number of halogens is 2. The lowest BCUT2D eigenvalue weighted by Gasteiger charge is -2.01. The lowest BCUT2D eigenvalue weighted by molar-refractivity contribution is 0.622. The van der Waals surface area contributed by atoms with Gasteiger partial charge in [0.05, 0.1) is 15.8 Å². The van der Waals surface area contributed by atoms with Gasteiger partial charge in [0.15, 0.2) is 0 Å². The van der Waals surface area contributed by atoms with E-state index in [4.69, 9.17) is 11.5 Å². The Morgan fingerprint density at radius 3 is 2.40 bits per heavy atom. The highest BCUT2D eigenvalue weighted by Crippen LogP contribution is 2.27. The third-order valence-corrected chi connectivity index (χ3v) is 1.97. The number of anilines is 2. The van der Waals surface area contributed by atoms with Crippen LogP contribution in [0.3, 0.4) is 0 Å². The van der Waals surface area contributed by atoms with Crippen LogP contribution in [0.1, 0.15) is 0 Å². The van der Waals surface area contributed by atoms with Gasteiger partial charge < -0.3 is 11.5 Å². The fraction of sp³-hybridized carbons (Fsp3) is 0. The van der Waals surface area contributed by atoms with Crippen LogP contribution in [0.25, 0.3) is 0 Å². The number of rotatable bonds is 0. The predicted molar refractivity (Wildman–Crippen MR) is 42.9 cm³/mol. The van der Waals surface area contributed by atoms with E-state index in [0.29, 0.717) is 5.69 Å². The first kappa shape index (κ1) is 7.34. The predicted octanol–water partition coefficient (Wildman–Crippen LogP) is 1.75. The number of hydrogen-bond acceptors (Lipinski definition) is 2. The van der Waals surface area contributed by atoms with Crippen molar-refractivity contribution in [3.8, 4) is 0 Å². The Bertz CT molecular complexity index is 235. The first-order valence-corrected chi connectivity index (χ1v) is 3.41. The van der Waals surface area contributed by atoms with E-state index in [1.54, 1.807) is 0 Å². The third-order valence-electron chi connectivity index (χ3n) is 1.17. The van der Waals surface area contributed by atoms with Crippen molar-refractivity contribution >= 4 is 27.3 Å². The highest BCUT2D eigenvalue weighted by Gasteiger charge is 2.04. The molecule has 0 radical (unpaired) electrons. The molecule has 1 aromatic rings. The zero-order valence-electron chi connectivity index (χ0n) is 5.07. The van der Waals surface area contributed by atoms with Gasteiger partial charge in [0, 0.05) is 0 Å². The van der Waals surface area contributed by atoms with Gasteiger partial charge in [-0.25, -0.2) is 4.39 Å². The van der Waals surface area contributed by atoms with E-state index in [1.165, 1.54) is 12.1 Å². The summed E-state index contributed by atoms with van der Waals surface area (Å²) in [4.78, 5) is 0. The Morgan fingerprint density at radius 2 is 1.90 bits per heavy atom. The van der Waals surface area contributed by atoms with Crippen molar-refractivity contribution in [3.05, 3.63) is 22.4 Å². The molecule has 10 heavy (non-hydrogen) atoms. The molecule has 0 bridgehead atoms. The van der Waals surface area contributed by atoms with Crippen molar-refractivity contribution in [2.24, 2.45) is 0 Å². The molecule has 0 aromatic heterocycles. The van der Waals surface area contributed by atoms with E-state index in [0.717, 1.165) is 0 Å². The van der Waals surface area contributed by atoms with E-state index in [9.17, 15) is 4.39 Å². The molecule has 2 nitrogen and oxygen atoms in total. The average Bonchev–Trinajstić information content (AvgIpc) is 1.93. The van der Waals surface area contributed by atoms with Crippen LogP contribution in [0.15, 0.2) is 16.6 Å². The van der Waals surface area contributed by atoms with Crippen LogP contribution in [0.2, 0.25) is 0 Å². The van der Waals surface area contributed by atoms with Crippen LogP contribution in [-0.2, 0) is 0 Å². The second-order valence-corrected chi connectivity index (χ2v) is 2.66. The van der Waals surface area contributed by atoms with Crippen molar-refractivity contribution in [2.45, 2.75) is 0 Å². The van der Waals surface area contributed by atoms with Crippen LogP contribution < -0.4 is 11.5 Å². The molecule has 0 aliphatic rings. The van der Waals surface area contributed by atoms with Crippen molar-refractivity contribution < 1.29 is 4.39 Å². The molecule has 0 saturated heterocycles. The van der Waals surface area contributed by atoms with Crippen LogP contribution in [0.5, 0.6) is 0 Å². The van der Waals surface area contributed by atoms with Gasteiger partial charge >= 0.3 is 0 Å². The van der Waals surface area contributed by atoms with Gasteiger partial charge in [0.25, 0.3) is 0 Å². The van der Waals surface area contributed by atoms with Gasteiger partial charge in [-0.05, 0) is 28.1 Å². The molecule has 4 heteroatoms. The van der Waals surface area contributed by atoms with Crippen LogP contribution in [0, 0.1) is 5.82 Å². The maximum atomic E-state index is 12.6. The summed E-state index contributed by atoms with van der Waals surface area (Å²) in [6.07, 6.45) is 0. The summed E-state index contributed by atoms with van der Waals surface area (Å²) in [6.45, 7) is 0. The molecule has 0 unspecified atom stereocenters. The summed E-state index contributed by atoms with van der Waals surface area (Å²) >= 11 is 2.95. The Kier molecular flexibility index (Phi) is 1.80. The lowest BCUT2D eigenvalue weighted by Crippen LogP contribution is -1.96.